The van der Waals surface area contributed by atoms with Gasteiger partial charge in [0.2, 0.25) is 0 Å². The van der Waals surface area contributed by atoms with Gasteiger partial charge in [-0.1, -0.05) is 33.6 Å². The summed E-state index contributed by atoms with van der Waals surface area (Å²) < 4.78 is 32.0. The summed E-state index contributed by atoms with van der Waals surface area (Å²) in [4.78, 5) is 1.67. The first-order valence-electron chi connectivity index (χ1n) is 6.51. The average Bonchev–Trinajstić information content (AvgIpc) is 2.14. The summed E-state index contributed by atoms with van der Waals surface area (Å²) in [5.74, 6) is -2.34. The lowest BCUT2D eigenvalue weighted by Gasteiger charge is -2.25. The maximum absolute atomic E-state index is 13.5. The molecule has 0 aromatic rings. The Labute approximate surface area is 104 Å². The van der Waals surface area contributed by atoms with Crippen LogP contribution in [0, 0.1) is 5.92 Å². The van der Waals surface area contributed by atoms with Crippen molar-refractivity contribution in [1.82, 2.24) is 4.90 Å². The zero-order valence-electron chi connectivity index (χ0n) is 11.6. The van der Waals surface area contributed by atoms with Gasteiger partial charge in [0, 0.05) is 13.2 Å². The van der Waals surface area contributed by atoms with Crippen molar-refractivity contribution in [2.24, 2.45) is 5.92 Å². The highest BCUT2D eigenvalue weighted by molar-refractivity contribution is 4.70. The Morgan fingerprint density at radius 3 is 2.41 bits per heavy atom. The molecule has 0 aromatic heterocycles. The maximum atomic E-state index is 13.5. The summed E-state index contributed by atoms with van der Waals surface area (Å²) in [6.07, 6.45) is 2.99. The molecule has 0 rings (SSSR count). The molecule has 0 N–H and O–H groups in total. The quantitative estimate of drug-likeness (QED) is 0.552. The molecular formula is C13H27F2NO. The minimum Gasteiger partial charge on any atom is -0.375 e. The molecule has 0 aliphatic heterocycles. The van der Waals surface area contributed by atoms with Gasteiger partial charge in [-0.25, -0.2) is 8.78 Å². The monoisotopic (exact) mass is 251 g/mol. The van der Waals surface area contributed by atoms with Gasteiger partial charge < -0.3 is 9.64 Å². The zero-order chi connectivity index (χ0) is 13.3. The minimum atomic E-state index is -2.74. The number of nitrogens with zero attached hydrogens (tertiary/aromatic N) is 1. The van der Waals surface area contributed by atoms with Crippen LogP contribution in [-0.2, 0) is 4.74 Å². The van der Waals surface area contributed by atoms with E-state index in [0.717, 1.165) is 19.3 Å². The highest BCUT2D eigenvalue weighted by Crippen LogP contribution is 2.16. The summed E-state index contributed by atoms with van der Waals surface area (Å²) in [6.45, 7) is 6.57. The maximum Gasteiger partial charge on any atom is 0.283 e. The van der Waals surface area contributed by atoms with Crippen molar-refractivity contribution in [3.8, 4) is 0 Å². The molecule has 0 spiro atoms. The number of alkyl halides is 2. The number of rotatable bonds is 10. The van der Waals surface area contributed by atoms with E-state index in [-0.39, 0.29) is 6.54 Å². The van der Waals surface area contributed by atoms with Gasteiger partial charge in [-0.05, 0) is 19.4 Å². The third kappa shape index (κ3) is 10.6. The fraction of sp³-hybridized carbons (Fsp3) is 1.00. The minimum absolute atomic E-state index is 0.223. The topological polar surface area (TPSA) is 12.5 Å². The van der Waals surface area contributed by atoms with Crippen molar-refractivity contribution in [3.63, 3.8) is 0 Å². The van der Waals surface area contributed by atoms with Crippen molar-refractivity contribution < 1.29 is 13.5 Å². The Balaban J connectivity index is 3.70. The van der Waals surface area contributed by atoms with E-state index in [9.17, 15) is 8.78 Å². The molecule has 0 heterocycles. The van der Waals surface area contributed by atoms with E-state index in [0.29, 0.717) is 19.1 Å². The van der Waals surface area contributed by atoms with Crippen molar-refractivity contribution in [2.75, 3.05) is 33.4 Å². The predicted octanol–water partition coefficient (Wildman–Crippen LogP) is 3.42. The highest BCUT2D eigenvalue weighted by Gasteiger charge is 2.30. The normalized spacial score (nSPS) is 12.7. The fourth-order valence-corrected chi connectivity index (χ4v) is 1.80. The van der Waals surface area contributed by atoms with Crippen LogP contribution in [0.15, 0.2) is 0 Å². The van der Waals surface area contributed by atoms with Gasteiger partial charge in [-0.3, -0.25) is 0 Å². The van der Waals surface area contributed by atoms with E-state index in [1.165, 1.54) is 0 Å². The van der Waals surface area contributed by atoms with Crippen molar-refractivity contribution in [1.29, 1.82) is 0 Å². The van der Waals surface area contributed by atoms with Crippen LogP contribution in [0.5, 0.6) is 0 Å². The van der Waals surface area contributed by atoms with Gasteiger partial charge in [-0.2, -0.15) is 0 Å². The van der Waals surface area contributed by atoms with Crippen molar-refractivity contribution >= 4 is 0 Å². The molecule has 0 bridgehead atoms. The predicted molar refractivity (Wildman–Crippen MR) is 67.6 cm³/mol. The third-order valence-corrected chi connectivity index (χ3v) is 2.38. The molecule has 104 valence electrons. The van der Waals surface area contributed by atoms with E-state index < -0.39 is 12.5 Å². The Hall–Kier alpha value is -0.220. The first-order chi connectivity index (χ1) is 7.87. The van der Waals surface area contributed by atoms with Crippen LogP contribution in [0.4, 0.5) is 8.78 Å². The zero-order valence-corrected chi connectivity index (χ0v) is 11.6. The van der Waals surface area contributed by atoms with Crippen LogP contribution in [0.2, 0.25) is 0 Å². The van der Waals surface area contributed by atoms with Gasteiger partial charge in [0.1, 0.15) is 6.61 Å². The van der Waals surface area contributed by atoms with Gasteiger partial charge >= 0.3 is 0 Å². The molecular weight excluding hydrogens is 224 g/mol. The Kier molecular flexibility index (Phi) is 8.70. The molecule has 0 fully saturated rings. The molecule has 0 aromatic carbocycles. The molecule has 0 atom stereocenters. The molecule has 0 aliphatic rings. The average molecular weight is 251 g/mol. The fourth-order valence-electron chi connectivity index (χ4n) is 1.80. The van der Waals surface area contributed by atoms with Gasteiger partial charge in [0.15, 0.2) is 0 Å². The summed E-state index contributed by atoms with van der Waals surface area (Å²) >= 11 is 0. The van der Waals surface area contributed by atoms with Crippen LogP contribution in [0.1, 0.15) is 40.0 Å². The van der Waals surface area contributed by atoms with Crippen LogP contribution in [0.3, 0.4) is 0 Å². The summed E-state index contributed by atoms with van der Waals surface area (Å²) in [5, 5.41) is 0. The lowest BCUT2D eigenvalue weighted by atomic mass is 10.2. The molecule has 2 nitrogen and oxygen atoms in total. The molecule has 17 heavy (non-hydrogen) atoms. The third-order valence-electron chi connectivity index (χ3n) is 2.38. The molecule has 0 aliphatic carbocycles. The standard InChI is InChI=1S/C13H27F2NO/c1-5-6-7-8-17-11-13(14,15)10-16(4)9-12(2)3/h12H,5-11H2,1-4H3. The van der Waals surface area contributed by atoms with Crippen molar-refractivity contribution in [3.05, 3.63) is 0 Å². The summed E-state index contributed by atoms with van der Waals surface area (Å²) in [6, 6.07) is 0. The molecule has 0 saturated carbocycles. The second-order valence-corrected chi connectivity index (χ2v) is 5.21. The Morgan fingerprint density at radius 1 is 1.24 bits per heavy atom. The molecule has 0 unspecified atom stereocenters. The Bertz CT molecular complexity index is 186. The van der Waals surface area contributed by atoms with Gasteiger partial charge in [0.25, 0.3) is 5.92 Å². The van der Waals surface area contributed by atoms with E-state index >= 15 is 0 Å². The summed E-state index contributed by atoms with van der Waals surface area (Å²) in [5.41, 5.74) is 0. The first-order valence-corrected chi connectivity index (χ1v) is 6.51. The van der Waals surface area contributed by atoms with Crippen LogP contribution in [0.25, 0.3) is 0 Å². The summed E-state index contributed by atoms with van der Waals surface area (Å²) in [7, 11) is 1.73. The van der Waals surface area contributed by atoms with Gasteiger partial charge in [-0.15, -0.1) is 0 Å². The van der Waals surface area contributed by atoms with E-state index in [1.54, 1.807) is 11.9 Å². The number of unbranched alkanes of at least 4 members (excludes halogenated alkanes) is 2. The highest BCUT2D eigenvalue weighted by atomic mass is 19.3. The molecule has 0 radical (unpaired) electrons. The van der Waals surface area contributed by atoms with E-state index in [2.05, 4.69) is 6.92 Å². The van der Waals surface area contributed by atoms with Crippen LogP contribution < -0.4 is 0 Å². The second-order valence-electron chi connectivity index (χ2n) is 5.21. The lowest BCUT2D eigenvalue weighted by molar-refractivity contribution is -0.0928. The number of hydrogen-bond acceptors (Lipinski definition) is 2. The van der Waals surface area contributed by atoms with Crippen LogP contribution >= 0.6 is 0 Å². The SMILES string of the molecule is CCCCCOCC(F)(F)CN(C)CC(C)C. The first kappa shape index (κ1) is 16.8. The van der Waals surface area contributed by atoms with E-state index in [1.807, 2.05) is 13.8 Å². The Morgan fingerprint density at radius 2 is 1.88 bits per heavy atom. The number of halogens is 2. The van der Waals surface area contributed by atoms with Crippen molar-refractivity contribution in [2.45, 2.75) is 46.0 Å². The molecule has 4 heteroatoms. The number of hydrogen-bond donors (Lipinski definition) is 0. The van der Waals surface area contributed by atoms with Gasteiger partial charge in [0.05, 0.1) is 6.54 Å². The largest absolute Gasteiger partial charge is 0.375 e. The lowest BCUT2D eigenvalue weighted by Crippen LogP contribution is -2.39. The smallest absolute Gasteiger partial charge is 0.283 e. The molecule has 0 saturated heterocycles. The molecule has 0 amide bonds. The number of ether oxygens (including phenoxy) is 1. The van der Waals surface area contributed by atoms with E-state index in [4.69, 9.17) is 4.74 Å². The second kappa shape index (κ2) is 8.81. The van der Waals surface area contributed by atoms with Crippen LogP contribution in [-0.4, -0.2) is 44.2 Å².